The molecule has 0 aliphatic rings. The molecule has 0 aliphatic carbocycles. The average Bonchev–Trinajstić information content (AvgIpc) is 2.42. The van der Waals surface area contributed by atoms with Gasteiger partial charge in [0.15, 0.2) is 0 Å². The molecule has 9 nitrogen and oxygen atoms in total. The molecule has 1 atom stereocenters. The molecular formula is C10H12BrN3O6. The lowest BCUT2D eigenvalue weighted by Crippen LogP contribution is -2.43. The van der Waals surface area contributed by atoms with Crippen LogP contribution in [0.3, 0.4) is 0 Å². The number of methoxy groups -OCH3 is 1. The van der Waals surface area contributed by atoms with Crippen molar-refractivity contribution in [1.82, 2.24) is 9.13 Å². The normalized spacial score (nSPS) is 11.9. The summed E-state index contributed by atoms with van der Waals surface area (Å²) < 4.78 is 6.12. The highest BCUT2D eigenvalue weighted by Gasteiger charge is 2.23. The summed E-state index contributed by atoms with van der Waals surface area (Å²) in [5.41, 5.74) is -2.51. The molecule has 20 heavy (non-hydrogen) atoms. The Hall–Kier alpha value is -1.97. The van der Waals surface area contributed by atoms with Crippen molar-refractivity contribution < 1.29 is 14.5 Å². The highest BCUT2D eigenvalue weighted by atomic mass is 79.9. The third-order valence-electron chi connectivity index (χ3n) is 2.56. The molecule has 10 heteroatoms. The summed E-state index contributed by atoms with van der Waals surface area (Å²) in [7, 11) is 1.15. The third-order valence-corrected chi connectivity index (χ3v) is 3.22. The maximum absolute atomic E-state index is 12.0. The second-order valence-electron chi connectivity index (χ2n) is 3.75. The van der Waals surface area contributed by atoms with Gasteiger partial charge in [-0.15, -0.1) is 0 Å². The molecule has 0 fully saturated rings. The van der Waals surface area contributed by atoms with E-state index in [0.29, 0.717) is 4.57 Å². The molecule has 0 saturated heterocycles. The number of aryl methyl sites for hydroxylation is 1. The first kappa shape index (κ1) is 16.1. The Morgan fingerprint density at radius 3 is 2.60 bits per heavy atom. The summed E-state index contributed by atoms with van der Waals surface area (Å²) in [5, 5.41) is 10.8. The molecule has 1 aromatic rings. The Labute approximate surface area is 121 Å². The zero-order valence-electron chi connectivity index (χ0n) is 10.7. The lowest BCUT2D eigenvalue weighted by molar-refractivity contribution is -0.387. The molecule has 1 aromatic heterocycles. The van der Waals surface area contributed by atoms with E-state index >= 15 is 0 Å². The number of alkyl halides is 1. The predicted octanol–water partition coefficient (Wildman–Crippen LogP) is -0.125. The van der Waals surface area contributed by atoms with Gasteiger partial charge in [0.05, 0.1) is 24.8 Å². The summed E-state index contributed by atoms with van der Waals surface area (Å²) in [6.45, 7) is 1.41. The zero-order chi connectivity index (χ0) is 15.4. The second kappa shape index (κ2) is 6.46. The predicted molar refractivity (Wildman–Crippen MR) is 72.0 cm³/mol. The second-order valence-corrected chi connectivity index (χ2v) is 4.85. The van der Waals surface area contributed by atoms with Crippen molar-refractivity contribution in [3.05, 3.63) is 37.1 Å². The van der Waals surface area contributed by atoms with Crippen LogP contribution >= 0.6 is 15.9 Å². The van der Waals surface area contributed by atoms with Crippen LogP contribution in [0.1, 0.15) is 6.92 Å². The molecular weight excluding hydrogens is 338 g/mol. The van der Waals surface area contributed by atoms with Crippen LogP contribution in [0.5, 0.6) is 0 Å². The summed E-state index contributed by atoms with van der Waals surface area (Å²) in [6, 6.07) is 0. The number of ether oxygens (including phenoxy) is 1. The van der Waals surface area contributed by atoms with E-state index in [9.17, 15) is 24.5 Å². The molecule has 0 saturated carbocycles. The fraction of sp³-hybridized carbons (Fsp3) is 0.500. The highest BCUT2D eigenvalue weighted by molar-refractivity contribution is 9.10. The number of rotatable bonds is 5. The van der Waals surface area contributed by atoms with E-state index in [1.807, 2.05) is 0 Å². The van der Waals surface area contributed by atoms with Crippen molar-refractivity contribution in [2.75, 3.05) is 7.11 Å². The minimum Gasteiger partial charge on any atom is -0.468 e. The molecule has 0 spiro atoms. The summed E-state index contributed by atoms with van der Waals surface area (Å²) in [4.78, 5) is 44.1. The summed E-state index contributed by atoms with van der Waals surface area (Å²) in [6.07, 6.45) is 0.891. The minimum atomic E-state index is -1.06. The van der Waals surface area contributed by atoms with Crippen LogP contribution in [0.15, 0.2) is 15.8 Å². The largest absolute Gasteiger partial charge is 0.468 e. The van der Waals surface area contributed by atoms with Gasteiger partial charge in [0, 0.05) is 6.54 Å². The smallest absolute Gasteiger partial charge is 0.350 e. The minimum absolute atomic E-state index is 0.158. The molecule has 0 bridgehead atoms. The van der Waals surface area contributed by atoms with Crippen LogP contribution in [0.25, 0.3) is 0 Å². The van der Waals surface area contributed by atoms with Gasteiger partial charge in [-0.1, -0.05) is 15.9 Å². The van der Waals surface area contributed by atoms with Gasteiger partial charge < -0.3 is 4.74 Å². The molecule has 0 aliphatic heterocycles. The van der Waals surface area contributed by atoms with E-state index in [4.69, 9.17) is 0 Å². The van der Waals surface area contributed by atoms with Crippen LogP contribution in [0.2, 0.25) is 0 Å². The van der Waals surface area contributed by atoms with Crippen LogP contribution in [-0.2, 0) is 22.6 Å². The third kappa shape index (κ3) is 3.13. The number of nitrogens with zero attached hydrogens (tertiary/aromatic N) is 3. The summed E-state index contributed by atoms with van der Waals surface area (Å²) in [5.74, 6) is -0.689. The Bertz CT molecular complexity index is 649. The first-order valence-corrected chi connectivity index (χ1v) is 6.45. The summed E-state index contributed by atoms with van der Waals surface area (Å²) >= 11 is 2.96. The van der Waals surface area contributed by atoms with Crippen molar-refractivity contribution in [3.8, 4) is 0 Å². The number of carbonyl (C=O) groups is 1. The van der Waals surface area contributed by atoms with Gasteiger partial charge >= 0.3 is 22.9 Å². The van der Waals surface area contributed by atoms with E-state index in [1.54, 1.807) is 6.92 Å². The molecule has 1 rings (SSSR count). The van der Waals surface area contributed by atoms with Crippen molar-refractivity contribution in [2.24, 2.45) is 0 Å². The van der Waals surface area contributed by atoms with Crippen LogP contribution in [0.4, 0.5) is 5.69 Å². The number of hydrogen-bond acceptors (Lipinski definition) is 6. The number of esters is 1. The molecule has 110 valence electrons. The van der Waals surface area contributed by atoms with Crippen LogP contribution < -0.4 is 11.2 Å². The molecule has 0 amide bonds. The quantitative estimate of drug-likeness (QED) is 0.316. The lowest BCUT2D eigenvalue weighted by atomic mass is 10.4. The molecule has 0 radical (unpaired) electrons. The van der Waals surface area contributed by atoms with E-state index in [2.05, 4.69) is 20.7 Å². The first-order chi connectivity index (χ1) is 9.33. The molecule has 1 heterocycles. The van der Waals surface area contributed by atoms with E-state index in [1.165, 1.54) is 0 Å². The van der Waals surface area contributed by atoms with E-state index < -0.39 is 32.7 Å². The zero-order valence-corrected chi connectivity index (χ0v) is 12.3. The molecule has 1 unspecified atom stereocenters. The maximum atomic E-state index is 12.0. The van der Waals surface area contributed by atoms with E-state index in [-0.39, 0.29) is 13.1 Å². The van der Waals surface area contributed by atoms with Gasteiger partial charge in [0.2, 0.25) is 0 Å². The monoisotopic (exact) mass is 349 g/mol. The van der Waals surface area contributed by atoms with E-state index in [0.717, 1.165) is 17.9 Å². The number of hydrogen-bond donors (Lipinski definition) is 0. The van der Waals surface area contributed by atoms with Gasteiger partial charge in [0.1, 0.15) is 4.83 Å². The Kier molecular flexibility index (Phi) is 5.19. The van der Waals surface area contributed by atoms with Crippen LogP contribution in [0, 0.1) is 10.1 Å². The van der Waals surface area contributed by atoms with Crippen molar-refractivity contribution >= 4 is 27.6 Å². The number of aromatic nitrogens is 2. The Morgan fingerprint density at radius 2 is 2.15 bits per heavy atom. The van der Waals surface area contributed by atoms with Crippen molar-refractivity contribution in [2.45, 2.75) is 24.8 Å². The fourth-order valence-corrected chi connectivity index (χ4v) is 1.99. The van der Waals surface area contributed by atoms with Gasteiger partial charge in [-0.3, -0.25) is 28.8 Å². The lowest BCUT2D eigenvalue weighted by Gasteiger charge is -2.11. The van der Waals surface area contributed by atoms with Gasteiger partial charge in [0.25, 0.3) is 0 Å². The number of nitro groups is 1. The SMILES string of the molecule is CCn1cc([N+](=O)[O-])c(=O)n(CC(Br)C(=O)OC)c1=O. The topological polar surface area (TPSA) is 113 Å². The molecule has 0 aromatic carbocycles. The number of halogens is 1. The van der Waals surface area contributed by atoms with Crippen molar-refractivity contribution in [3.63, 3.8) is 0 Å². The van der Waals surface area contributed by atoms with Crippen LogP contribution in [-0.4, -0.2) is 32.0 Å². The first-order valence-electron chi connectivity index (χ1n) is 5.54. The van der Waals surface area contributed by atoms with Gasteiger partial charge in [-0.25, -0.2) is 4.79 Å². The highest BCUT2D eigenvalue weighted by Crippen LogP contribution is 2.05. The maximum Gasteiger partial charge on any atom is 0.350 e. The fourth-order valence-electron chi connectivity index (χ4n) is 1.51. The standard InChI is InChI=1S/C10H12BrN3O6/c1-3-12-5-7(14(18)19)8(15)13(10(12)17)4-6(11)9(16)20-2/h5-6H,3-4H2,1-2H3. The molecule has 0 N–H and O–H groups in total. The van der Waals surface area contributed by atoms with Crippen molar-refractivity contribution in [1.29, 1.82) is 0 Å². The van der Waals surface area contributed by atoms with Gasteiger partial charge in [-0.05, 0) is 6.92 Å². The Morgan fingerprint density at radius 1 is 1.55 bits per heavy atom. The number of carbonyl (C=O) groups excluding carboxylic acids is 1. The Balaban J connectivity index is 3.41. The average molecular weight is 350 g/mol. The van der Waals surface area contributed by atoms with Gasteiger partial charge in [-0.2, -0.15) is 0 Å².